The number of carbonyl (C=O) groups is 1. The zero-order valence-corrected chi connectivity index (χ0v) is 11.8. The minimum absolute atomic E-state index is 0.323. The highest BCUT2D eigenvalue weighted by atomic mass is 19.1. The van der Waals surface area contributed by atoms with E-state index in [1.54, 1.807) is 13.0 Å². The molecule has 0 heterocycles. The average Bonchev–Trinajstić information content (AvgIpc) is 2.50. The minimum atomic E-state index is -0.625. The zero-order valence-electron chi connectivity index (χ0n) is 11.8. The van der Waals surface area contributed by atoms with Crippen molar-refractivity contribution in [3.05, 3.63) is 71.0 Å². The normalized spacial score (nSPS) is 12.0. The van der Waals surface area contributed by atoms with Gasteiger partial charge in [0.05, 0.1) is 6.10 Å². The number of nitrogens with one attached hydrogen (secondary N) is 1. The molecule has 110 valence electrons. The van der Waals surface area contributed by atoms with Gasteiger partial charge in [-0.1, -0.05) is 36.4 Å². The van der Waals surface area contributed by atoms with E-state index in [-0.39, 0.29) is 5.91 Å². The molecule has 0 radical (unpaired) electrons. The molecule has 0 aliphatic carbocycles. The molecule has 1 atom stereocenters. The molecular weight excluding hydrogens is 269 g/mol. The maximum absolute atomic E-state index is 13.2. The Kier molecular flexibility index (Phi) is 5.06. The summed E-state index contributed by atoms with van der Waals surface area (Å²) >= 11 is 0. The van der Waals surface area contributed by atoms with E-state index >= 15 is 0 Å². The summed E-state index contributed by atoms with van der Waals surface area (Å²) in [6, 6.07) is 13.4. The van der Waals surface area contributed by atoms with Crippen LogP contribution in [0, 0.1) is 12.7 Å². The van der Waals surface area contributed by atoms with Crippen molar-refractivity contribution < 1.29 is 14.3 Å². The summed E-state index contributed by atoms with van der Waals surface area (Å²) in [7, 11) is 0. The molecule has 2 rings (SSSR count). The van der Waals surface area contributed by atoms with Gasteiger partial charge in [-0.05, 0) is 36.6 Å². The second-order valence-electron chi connectivity index (χ2n) is 4.93. The number of amides is 1. The third kappa shape index (κ3) is 4.13. The molecule has 0 saturated heterocycles. The molecule has 2 N–H and O–H groups in total. The topological polar surface area (TPSA) is 49.3 Å². The van der Waals surface area contributed by atoms with Gasteiger partial charge in [0.2, 0.25) is 0 Å². The number of aliphatic hydroxyl groups excluding tert-OH is 1. The largest absolute Gasteiger partial charge is 0.388 e. The molecule has 0 aliphatic heterocycles. The van der Waals surface area contributed by atoms with E-state index in [9.17, 15) is 14.3 Å². The van der Waals surface area contributed by atoms with Crippen LogP contribution in [-0.4, -0.2) is 17.6 Å². The van der Waals surface area contributed by atoms with Gasteiger partial charge in [0.15, 0.2) is 0 Å². The van der Waals surface area contributed by atoms with E-state index < -0.39 is 11.9 Å². The molecule has 2 aromatic carbocycles. The Bertz CT molecular complexity index is 613. The fourth-order valence-corrected chi connectivity index (χ4v) is 2.10. The van der Waals surface area contributed by atoms with Gasteiger partial charge in [-0.25, -0.2) is 4.39 Å². The number of aryl methyl sites for hydroxylation is 1. The van der Waals surface area contributed by atoms with Crippen molar-refractivity contribution in [1.29, 1.82) is 0 Å². The highest BCUT2D eigenvalue weighted by Crippen LogP contribution is 2.15. The van der Waals surface area contributed by atoms with Gasteiger partial charge in [0, 0.05) is 12.1 Å². The number of rotatable bonds is 5. The number of hydrogen-bond donors (Lipinski definition) is 2. The molecular formula is C17H18FNO2. The Labute approximate surface area is 123 Å². The lowest BCUT2D eigenvalue weighted by molar-refractivity contribution is 0.0941. The number of halogens is 1. The molecule has 0 bridgehead atoms. The molecule has 0 aliphatic rings. The average molecular weight is 287 g/mol. The van der Waals surface area contributed by atoms with E-state index in [1.807, 2.05) is 30.3 Å². The monoisotopic (exact) mass is 287 g/mol. The van der Waals surface area contributed by atoms with Crippen molar-refractivity contribution >= 4 is 5.91 Å². The quantitative estimate of drug-likeness (QED) is 0.888. The van der Waals surface area contributed by atoms with Crippen LogP contribution in [0.1, 0.15) is 34.0 Å². The van der Waals surface area contributed by atoms with Crippen molar-refractivity contribution in [2.24, 2.45) is 0 Å². The molecule has 3 nitrogen and oxygen atoms in total. The standard InChI is InChI=1S/C17H18FNO2/c1-12-7-8-14(18)11-15(12)17(21)19-10-9-16(20)13-5-3-2-4-6-13/h2-8,11,16,20H,9-10H2,1H3,(H,19,21). The number of carbonyl (C=O) groups excluding carboxylic acids is 1. The predicted molar refractivity (Wildman–Crippen MR) is 79.5 cm³/mol. The van der Waals surface area contributed by atoms with Gasteiger partial charge in [-0.2, -0.15) is 0 Å². The predicted octanol–water partition coefficient (Wildman–Crippen LogP) is 2.99. The lowest BCUT2D eigenvalue weighted by Crippen LogP contribution is -2.26. The fourth-order valence-electron chi connectivity index (χ4n) is 2.10. The Morgan fingerprint density at radius 1 is 1.24 bits per heavy atom. The molecule has 21 heavy (non-hydrogen) atoms. The van der Waals surface area contributed by atoms with Crippen LogP contribution in [0.2, 0.25) is 0 Å². The van der Waals surface area contributed by atoms with Gasteiger partial charge in [0.1, 0.15) is 5.82 Å². The van der Waals surface area contributed by atoms with Crippen molar-refractivity contribution in [2.75, 3.05) is 6.54 Å². The van der Waals surface area contributed by atoms with Crippen LogP contribution in [0.25, 0.3) is 0 Å². The van der Waals surface area contributed by atoms with Crippen molar-refractivity contribution in [1.82, 2.24) is 5.32 Å². The Morgan fingerprint density at radius 3 is 2.67 bits per heavy atom. The van der Waals surface area contributed by atoms with Crippen LogP contribution in [0.15, 0.2) is 48.5 Å². The molecule has 4 heteroatoms. The highest BCUT2D eigenvalue weighted by Gasteiger charge is 2.11. The highest BCUT2D eigenvalue weighted by molar-refractivity contribution is 5.95. The van der Waals surface area contributed by atoms with E-state index in [0.29, 0.717) is 18.5 Å². The molecule has 0 saturated carbocycles. The van der Waals surface area contributed by atoms with Gasteiger partial charge < -0.3 is 10.4 Å². The van der Waals surface area contributed by atoms with Gasteiger partial charge in [-0.3, -0.25) is 4.79 Å². The second kappa shape index (κ2) is 6.99. The third-order valence-electron chi connectivity index (χ3n) is 3.33. The Morgan fingerprint density at radius 2 is 1.95 bits per heavy atom. The van der Waals surface area contributed by atoms with Crippen LogP contribution in [0.5, 0.6) is 0 Å². The van der Waals surface area contributed by atoms with Crippen molar-refractivity contribution in [3.63, 3.8) is 0 Å². The molecule has 0 fully saturated rings. The molecule has 0 spiro atoms. The van der Waals surface area contributed by atoms with Crippen LogP contribution < -0.4 is 5.32 Å². The van der Waals surface area contributed by atoms with Crippen LogP contribution in [0.4, 0.5) is 4.39 Å². The number of hydrogen-bond acceptors (Lipinski definition) is 2. The summed E-state index contributed by atoms with van der Waals surface area (Å²) in [6.45, 7) is 2.08. The van der Waals surface area contributed by atoms with Gasteiger partial charge >= 0.3 is 0 Å². The SMILES string of the molecule is Cc1ccc(F)cc1C(=O)NCCC(O)c1ccccc1. The Balaban J connectivity index is 1.88. The second-order valence-corrected chi connectivity index (χ2v) is 4.93. The maximum Gasteiger partial charge on any atom is 0.251 e. The first-order chi connectivity index (χ1) is 10.1. The molecule has 0 aromatic heterocycles. The molecule has 1 unspecified atom stereocenters. The van der Waals surface area contributed by atoms with Crippen molar-refractivity contribution in [3.8, 4) is 0 Å². The summed E-state index contributed by atoms with van der Waals surface area (Å²) in [5.74, 6) is -0.762. The first-order valence-corrected chi connectivity index (χ1v) is 6.85. The number of aliphatic hydroxyl groups is 1. The third-order valence-corrected chi connectivity index (χ3v) is 3.33. The maximum atomic E-state index is 13.2. The summed E-state index contributed by atoms with van der Waals surface area (Å²) in [6.07, 6.45) is -0.218. The van der Waals surface area contributed by atoms with E-state index in [1.165, 1.54) is 12.1 Å². The summed E-state index contributed by atoms with van der Waals surface area (Å²) < 4.78 is 13.2. The van der Waals surface area contributed by atoms with Crippen molar-refractivity contribution in [2.45, 2.75) is 19.4 Å². The van der Waals surface area contributed by atoms with Gasteiger partial charge in [0.25, 0.3) is 5.91 Å². The molecule has 2 aromatic rings. The summed E-state index contributed by atoms with van der Waals surface area (Å²) in [5, 5.41) is 12.7. The fraction of sp³-hybridized carbons (Fsp3) is 0.235. The van der Waals surface area contributed by atoms with Crippen LogP contribution in [0.3, 0.4) is 0 Å². The van der Waals surface area contributed by atoms with Crippen LogP contribution in [-0.2, 0) is 0 Å². The minimum Gasteiger partial charge on any atom is -0.388 e. The van der Waals surface area contributed by atoms with E-state index in [2.05, 4.69) is 5.32 Å². The number of benzene rings is 2. The molecule has 1 amide bonds. The first-order valence-electron chi connectivity index (χ1n) is 6.85. The Hall–Kier alpha value is -2.20. The lowest BCUT2D eigenvalue weighted by atomic mass is 10.1. The zero-order chi connectivity index (χ0) is 15.2. The van der Waals surface area contributed by atoms with E-state index in [0.717, 1.165) is 11.1 Å². The lowest BCUT2D eigenvalue weighted by Gasteiger charge is -2.12. The summed E-state index contributed by atoms with van der Waals surface area (Å²) in [5.41, 5.74) is 1.86. The first kappa shape index (κ1) is 15.2. The smallest absolute Gasteiger partial charge is 0.251 e. The van der Waals surface area contributed by atoms with Gasteiger partial charge in [-0.15, -0.1) is 0 Å². The van der Waals surface area contributed by atoms with E-state index in [4.69, 9.17) is 0 Å². The summed E-state index contributed by atoms with van der Waals surface area (Å²) in [4.78, 5) is 12.0. The van der Waals surface area contributed by atoms with Crippen LogP contribution >= 0.6 is 0 Å².